The first-order chi connectivity index (χ1) is 7.07. The third-order valence-electron chi connectivity index (χ3n) is 2.06. The van der Waals surface area contributed by atoms with E-state index in [2.05, 4.69) is 12.2 Å². The molecular weight excluding hydrogens is 196 g/mol. The highest BCUT2D eigenvalue weighted by Crippen LogP contribution is 1.97. The summed E-state index contributed by atoms with van der Waals surface area (Å²) < 4.78 is 0. The van der Waals surface area contributed by atoms with Crippen molar-refractivity contribution in [1.82, 2.24) is 5.32 Å². The molecule has 0 aromatic heterocycles. The van der Waals surface area contributed by atoms with Gasteiger partial charge in [0.05, 0.1) is 12.5 Å². The first-order valence-electron chi connectivity index (χ1n) is 5.33. The standard InChI is InChI=1S/C10H20N2O3/c1-2-3-4-5-6-12-10(15)8(11)7-9(13)14/h8H,2-7,11H2,1H3,(H,12,15)(H,13,14)/t8-/m0/s1. The van der Waals surface area contributed by atoms with E-state index in [1.807, 2.05) is 0 Å². The summed E-state index contributed by atoms with van der Waals surface area (Å²) in [7, 11) is 0. The molecule has 4 N–H and O–H groups in total. The lowest BCUT2D eigenvalue weighted by Gasteiger charge is -2.09. The Balaban J connectivity index is 3.51. The molecular formula is C10H20N2O3. The number of carbonyl (C=O) groups excluding carboxylic acids is 1. The predicted molar refractivity (Wildman–Crippen MR) is 57.4 cm³/mol. The molecule has 1 atom stereocenters. The molecule has 0 spiro atoms. The second-order valence-corrected chi connectivity index (χ2v) is 3.56. The van der Waals surface area contributed by atoms with Crippen LogP contribution in [0.25, 0.3) is 0 Å². The Kier molecular flexibility index (Phi) is 7.62. The Morgan fingerprint density at radius 1 is 1.33 bits per heavy atom. The first kappa shape index (κ1) is 13.9. The van der Waals surface area contributed by atoms with E-state index in [4.69, 9.17) is 10.8 Å². The topological polar surface area (TPSA) is 92.4 Å². The molecule has 0 bridgehead atoms. The zero-order chi connectivity index (χ0) is 11.7. The molecule has 0 aromatic carbocycles. The zero-order valence-corrected chi connectivity index (χ0v) is 9.16. The highest BCUT2D eigenvalue weighted by Gasteiger charge is 2.15. The largest absolute Gasteiger partial charge is 0.481 e. The summed E-state index contributed by atoms with van der Waals surface area (Å²) in [6, 6.07) is -0.936. The highest BCUT2D eigenvalue weighted by atomic mass is 16.4. The first-order valence-corrected chi connectivity index (χ1v) is 5.33. The van der Waals surface area contributed by atoms with Crippen LogP contribution in [0.15, 0.2) is 0 Å². The average Bonchev–Trinajstić information content (AvgIpc) is 2.16. The van der Waals surface area contributed by atoms with Crippen LogP contribution in [0, 0.1) is 0 Å². The van der Waals surface area contributed by atoms with E-state index in [1.165, 1.54) is 0 Å². The van der Waals surface area contributed by atoms with Gasteiger partial charge in [-0.25, -0.2) is 0 Å². The SMILES string of the molecule is CCCCCCNC(=O)[C@@H](N)CC(=O)O. The summed E-state index contributed by atoms with van der Waals surface area (Å²) in [5, 5.41) is 11.0. The van der Waals surface area contributed by atoms with Crippen LogP contribution < -0.4 is 11.1 Å². The second kappa shape index (κ2) is 8.23. The van der Waals surface area contributed by atoms with E-state index >= 15 is 0 Å². The van der Waals surface area contributed by atoms with Gasteiger partial charge in [0.15, 0.2) is 0 Å². The van der Waals surface area contributed by atoms with Crippen LogP contribution in [-0.2, 0) is 9.59 Å². The molecule has 0 aliphatic heterocycles. The molecule has 0 aliphatic carbocycles. The number of carbonyl (C=O) groups is 2. The van der Waals surface area contributed by atoms with Gasteiger partial charge in [0, 0.05) is 6.54 Å². The van der Waals surface area contributed by atoms with Crippen LogP contribution in [0.2, 0.25) is 0 Å². The molecule has 15 heavy (non-hydrogen) atoms. The lowest BCUT2D eigenvalue weighted by atomic mass is 10.2. The number of carboxylic acid groups (broad SMARTS) is 1. The predicted octanol–water partition coefficient (Wildman–Crippen LogP) is 0.485. The molecule has 5 nitrogen and oxygen atoms in total. The average molecular weight is 216 g/mol. The molecule has 0 rings (SSSR count). The maximum Gasteiger partial charge on any atom is 0.305 e. The van der Waals surface area contributed by atoms with E-state index in [9.17, 15) is 9.59 Å². The van der Waals surface area contributed by atoms with Gasteiger partial charge in [-0.3, -0.25) is 9.59 Å². The molecule has 0 saturated carbocycles. The van der Waals surface area contributed by atoms with Crippen LogP contribution in [0.5, 0.6) is 0 Å². The number of hydrogen-bond acceptors (Lipinski definition) is 3. The van der Waals surface area contributed by atoms with Crippen LogP contribution >= 0.6 is 0 Å². The van der Waals surface area contributed by atoms with Crippen molar-refractivity contribution in [2.45, 2.75) is 45.1 Å². The Labute approximate surface area is 90.0 Å². The molecule has 0 fully saturated rings. The number of hydrogen-bond donors (Lipinski definition) is 3. The summed E-state index contributed by atoms with van der Waals surface area (Å²) >= 11 is 0. The maximum absolute atomic E-state index is 11.2. The Morgan fingerprint density at radius 3 is 2.53 bits per heavy atom. The Hall–Kier alpha value is -1.10. The molecule has 0 saturated heterocycles. The third-order valence-corrected chi connectivity index (χ3v) is 2.06. The fraction of sp³-hybridized carbons (Fsp3) is 0.800. The van der Waals surface area contributed by atoms with E-state index in [1.54, 1.807) is 0 Å². The van der Waals surface area contributed by atoms with Crippen LogP contribution in [0.1, 0.15) is 39.0 Å². The van der Waals surface area contributed by atoms with Crippen molar-refractivity contribution < 1.29 is 14.7 Å². The summed E-state index contributed by atoms with van der Waals surface area (Å²) in [5.41, 5.74) is 5.37. The monoisotopic (exact) mass is 216 g/mol. The summed E-state index contributed by atoms with van der Waals surface area (Å²) in [6.45, 7) is 2.69. The van der Waals surface area contributed by atoms with E-state index in [-0.39, 0.29) is 12.3 Å². The van der Waals surface area contributed by atoms with Crippen molar-refractivity contribution in [2.75, 3.05) is 6.54 Å². The zero-order valence-electron chi connectivity index (χ0n) is 9.16. The third kappa shape index (κ3) is 7.93. The van der Waals surface area contributed by atoms with Gasteiger partial charge in [-0.1, -0.05) is 26.2 Å². The van der Waals surface area contributed by atoms with Gasteiger partial charge in [-0.05, 0) is 6.42 Å². The van der Waals surface area contributed by atoms with Crippen LogP contribution in [-0.4, -0.2) is 29.6 Å². The number of aliphatic carboxylic acids is 1. The van der Waals surface area contributed by atoms with Crippen molar-refractivity contribution in [2.24, 2.45) is 5.73 Å². The normalized spacial score (nSPS) is 12.1. The van der Waals surface area contributed by atoms with Crippen molar-refractivity contribution in [3.8, 4) is 0 Å². The number of carboxylic acids is 1. The van der Waals surface area contributed by atoms with Gasteiger partial charge in [0.2, 0.25) is 5.91 Å². The second-order valence-electron chi connectivity index (χ2n) is 3.56. The fourth-order valence-corrected chi connectivity index (χ4v) is 1.18. The Bertz CT molecular complexity index is 207. The number of nitrogens with one attached hydrogen (secondary N) is 1. The molecule has 0 aromatic rings. The van der Waals surface area contributed by atoms with E-state index < -0.39 is 12.0 Å². The van der Waals surface area contributed by atoms with Crippen molar-refractivity contribution >= 4 is 11.9 Å². The van der Waals surface area contributed by atoms with E-state index in [0.29, 0.717) is 6.54 Å². The van der Waals surface area contributed by atoms with Gasteiger partial charge >= 0.3 is 5.97 Å². The quantitative estimate of drug-likeness (QED) is 0.515. The van der Waals surface area contributed by atoms with E-state index in [0.717, 1.165) is 25.7 Å². The number of nitrogens with two attached hydrogens (primary N) is 1. The Morgan fingerprint density at radius 2 is 2.00 bits per heavy atom. The summed E-state index contributed by atoms with van der Waals surface area (Å²) in [6.07, 6.45) is 3.97. The van der Waals surface area contributed by atoms with Gasteiger partial charge in [0.1, 0.15) is 0 Å². The fourth-order valence-electron chi connectivity index (χ4n) is 1.18. The van der Waals surface area contributed by atoms with Crippen LogP contribution in [0.3, 0.4) is 0 Å². The van der Waals surface area contributed by atoms with Gasteiger partial charge in [0.25, 0.3) is 0 Å². The van der Waals surface area contributed by atoms with Crippen molar-refractivity contribution in [1.29, 1.82) is 0 Å². The molecule has 5 heteroatoms. The molecule has 0 aliphatic rings. The van der Waals surface area contributed by atoms with Gasteiger partial charge < -0.3 is 16.2 Å². The summed E-state index contributed by atoms with van der Waals surface area (Å²) in [4.78, 5) is 21.5. The van der Waals surface area contributed by atoms with Crippen molar-refractivity contribution in [3.05, 3.63) is 0 Å². The summed E-state index contributed by atoms with van der Waals surface area (Å²) in [5.74, 6) is -1.43. The highest BCUT2D eigenvalue weighted by molar-refractivity contribution is 5.85. The maximum atomic E-state index is 11.2. The minimum atomic E-state index is -1.05. The van der Waals surface area contributed by atoms with Gasteiger partial charge in [-0.15, -0.1) is 0 Å². The minimum absolute atomic E-state index is 0.319. The number of rotatable bonds is 8. The molecule has 0 unspecified atom stereocenters. The van der Waals surface area contributed by atoms with Gasteiger partial charge in [-0.2, -0.15) is 0 Å². The minimum Gasteiger partial charge on any atom is -0.481 e. The molecule has 0 radical (unpaired) electrons. The molecule has 1 amide bonds. The number of unbranched alkanes of at least 4 members (excludes halogenated alkanes) is 3. The molecule has 0 heterocycles. The van der Waals surface area contributed by atoms with Crippen LogP contribution in [0.4, 0.5) is 0 Å². The van der Waals surface area contributed by atoms with Crippen molar-refractivity contribution in [3.63, 3.8) is 0 Å². The number of amides is 1. The smallest absolute Gasteiger partial charge is 0.305 e. The lowest BCUT2D eigenvalue weighted by Crippen LogP contribution is -2.42. The molecule has 88 valence electrons. The lowest BCUT2D eigenvalue weighted by molar-refractivity contribution is -0.139.